The number of nitrogens with zero attached hydrogens (tertiary/aromatic N) is 1. The van der Waals surface area contributed by atoms with Crippen LogP contribution in [0, 0.1) is 0 Å². The van der Waals surface area contributed by atoms with Gasteiger partial charge in [0.2, 0.25) is 11.8 Å². The summed E-state index contributed by atoms with van der Waals surface area (Å²) in [7, 11) is 0. The fourth-order valence-electron chi connectivity index (χ4n) is 2.90. The van der Waals surface area contributed by atoms with E-state index >= 15 is 0 Å². The average Bonchev–Trinajstić information content (AvgIpc) is 3.05. The van der Waals surface area contributed by atoms with Gasteiger partial charge in [0.25, 0.3) is 0 Å². The third kappa shape index (κ3) is 5.36. The van der Waals surface area contributed by atoms with Gasteiger partial charge in [-0.05, 0) is 31.4 Å². The molecule has 1 aliphatic rings. The van der Waals surface area contributed by atoms with Crippen molar-refractivity contribution in [3.8, 4) is 0 Å². The largest absolute Gasteiger partial charge is 0.353 e. The van der Waals surface area contributed by atoms with Crippen LogP contribution in [0.3, 0.4) is 0 Å². The molecule has 1 aliphatic heterocycles. The van der Waals surface area contributed by atoms with Crippen LogP contribution < -0.4 is 10.6 Å². The smallest absolute Gasteiger partial charge is 0.242 e. The van der Waals surface area contributed by atoms with Gasteiger partial charge in [0.05, 0.1) is 6.42 Å². The van der Waals surface area contributed by atoms with Gasteiger partial charge in [-0.1, -0.05) is 37.3 Å². The summed E-state index contributed by atoms with van der Waals surface area (Å²) in [5.41, 5.74) is 0.993. The number of amides is 2. The molecule has 0 saturated carbocycles. The number of carbonyl (C=O) groups excluding carboxylic acids is 2. The van der Waals surface area contributed by atoms with Gasteiger partial charge in [-0.2, -0.15) is 0 Å². The van der Waals surface area contributed by atoms with E-state index in [-0.39, 0.29) is 17.9 Å². The summed E-state index contributed by atoms with van der Waals surface area (Å²) in [6, 6.07) is 9.38. The highest BCUT2D eigenvalue weighted by Gasteiger charge is 2.33. The van der Waals surface area contributed by atoms with Gasteiger partial charge in [-0.3, -0.25) is 9.59 Å². The molecule has 1 heterocycles. The van der Waals surface area contributed by atoms with Crippen molar-refractivity contribution in [2.24, 2.45) is 0 Å². The Labute approximate surface area is 138 Å². The first-order chi connectivity index (χ1) is 11.2. The zero-order valence-corrected chi connectivity index (χ0v) is 13.9. The lowest BCUT2D eigenvalue weighted by Crippen LogP contribution is -2.47. The summed E-state index contributed by atoms with van der Waals surface area (Å²) in [6.07, 6.45) is 3.10. The molecule has 5 nitrogen and oxygen atoms in total. The molecule has 0 bridgehead atoms. The van der Waals surface area contributed by atoms with Crippen LogP contribution in [0.4, 0.5) is 0 Å². The van der Waals surface area contributed by atoms with Crippen LogP contribution in [0.5, 0.6) is 0 Å². The quantitative estimate of drug-likeness (QED) is 0.711. The van der Waals surface area contributed by atoms with Crippen molar-refractivity contribution in [3.63, 3.8) is 0 Å². The molecule has 23 heavy (non-hydrogen) atoms. The molecule has 5 heteroatoms. The van der Waals surface area contributed by atoms with Crippen LogP contribution >= 0.6 is 0 Å². The number of nitrogens with one attached hydrogen (secondary N) is 2. The van der Waals surface area contributed by atoms with Gasteiger partial charge < -0.3 is 15.5 Å². The Morgan fingerprint density at radius 1 is 1.17 bits per heavy atom. The highest BCUT2D eigenvalue weighted by molar-refractivity contribution is 5.89. The van der Waals surface area contributed by atoms with Gasteiger partial charge in [-0.15, -0.1) is 0 Å². The lowest BCUT2D eigenvalue weighted by Gasteiger charge is -2.24. The Kier molecular flexibility index (Phi) is 7.07. The average molecular weight is 317 g/mol. The SMILES string of the molecule is CCCNCCNC(=O)C1CCCN1C(=O)Cc1ccccc1. The molecule has 2 rings (SSSR count). The Morgan fingerprint density at radius 2 is 1.96 bits per heavy atom. The van der Waals surface area contributed by atoms with Crippen LogP contribution in [0.15, 0.2) is 30.3 Å². The molecule has 1 unspecified atom stereocenters. The molecule has 126 valence electrons. The Hall–Kier alpha value is -1.88. The van der Waals surface area contributed by atoms with E-state index in [2.05, 4.69) is 17.6 Å². The molecule has 0 radical (unpaired) electrons. The second-order valence-corrected chi connectivity index (χ2v) is 5.95. The van der Waals surface area contributed by atoms with E-state index in [4.69, 9.17) is 0 Å². The number of likely N-dealkylation sites (tertiary alicyclic amines) is 1. The van der Waals surface area contributed by atoms with Gasteiger partial charge in [0.1, 0.15) is 6.04 Å². The van der Waals surface area contributed by atoms with Gasteiger partial charge in [-0.25, -0.2) is 0 Å². The summed E-state index contributed by atoms with van der Waals surface area (Å²) < 4.78 is 0. The normalized spacial score (nSPS) is 17.3. The summed E-state index contributed by atoms with van der Waals surface area (Å²) in [6.45, 7) is 5.12. The number of hydrogen-bond donors (Lipinski definition) is 2. The molecule has 1 aromatic carbocycles. The molecule has 0 spiro atoms. The van der Waals surface area contributed by atoms with E-state index in [1.165, 1.54) is 0 Å². The Morgan fingerprint density at radius 3 is 2.70 bits per heavy atom. The van der Waals surface area contributed by atoms with E-state index in [1.54, 1.807) is 4.90 Å². The van der Waals surface area contributed by atoms with Crippen LogP contribution in [-0.2, 0) is 16.0 Å². The van der Waals surface area contributed by atoms with Crippen molar-refractivity contribution in [1.82, 2.24) is 15.5 Å². The van der Waals surface area contributed by atoms with E-state index in [0.29, 0.717) is 19.5 Å². The van der Waals surface area contributed by atoms with E-state index < -0.39 is 0 Å². The number of carbonyl (C=O) groups is 2. The first kappa shape index (κ1) is 17.5. The molecular weight excluding hydrogens is 290 g/mol. The van der Waals surface area contributed by atoms with E-state index in [9.17, 15) is 9.59 Å². The maximum absolute atomic E-state index is 12.5. The summed E-state index contributed by atoms with van der Waals surface area (Å²) in [5, 5.41) is 6.19. The minimum absolute atomic E-state index is 0.0257. The topological polar surface area (TPSA) is 61.4 Å². The Balaban J connectivity index is 1.81. The fourth-order valence-corrected chi connectivity index (χ4v) is 2.90. The highest BCUT2D eigenvalue weighted by Crippen LogP contribution is 2.18. The predicted octanol–water partition coefficient (Wildman–Crippen LogP) is 1.34. The standard InChI is InChI=1S/C18H27N3O2/c1-2-10-19-11-12-20-18(23)16-9-6-13-21(16)17(22)14-15-7-4-3-5-8-15/h3-5,7-8,16,19H,2,6,9-14H2,1H3,(H,20,23). The van der Waals surface area contributed by atoms with Gasteiger partial charge in [0.15, 0.2) is 0 Å². The molecule has 0 aromatic heterocycles. The maximum atomic E-state index is 12.5. The predicted molar refractivity (Wildman–Crippen MR) is 91.1 cm³/mol. The number of rotatable bonds is 8. The van der Waals surface area contributed by atoms with E-state index in [0.717, 1.165) is 37.9 Å². The summed E-state index contributed by atoms with van der Waals surface area (Å²) in [5.74, 6) is 0.0140. The lowest BCUT2D eigenvalue weighted by atomic mass is 10.1. The van der Waals surface area contributed by atoms with Crippen LogP contribution in [0.2, 0.25) is 0 Å². The molecule has 0 aliphatic carbocycles. The summed E-state index contributed by atoms with van der Waals surface area (Å²) >= 11 is 0. The van der Waals surface area contributed by atoms with Crippen molar-refractivity contribution in [2.45, 2.75) is 38.6 Å². The van der Waals surface area contributed by atoms with Gasteiger partial charge in [0, 0.05) is 19.6 Å². The number of benzene rings is 1. The van der Waals surface area contributed by atoms with E-state index in [1.807, 2.05) is 30.3 Å². The monoisotopic (exact) mass is 317 g/mol. The molecule has 1 saturated heterocycles. The van der Waals surface area contributed by atoms with Crippen LogP contribution in [-0.4, -0.2) is 48.9 Å². The highest BCUT2D eigenvalue weighted by atomic mass is 16.2. The molecule has 1 atom stereocenters. The third-order valence-electron chi connectivity index (χ3n) is 4.10. The molecule has 1 aromatic rings. The number of hydrogen-bond acceptors (Lipinski definition) is 3. The fraction of sp³-hybridized carbons (Fsp3) is 0.556. The second kappa shape index (κ2) is 9.30. The third-order valence-corrected chi connectivity index (χ3v) is 4.10. The lowest BCUT2D eigenvalue weighted by molar-refractivity contribution is -0.137. The van der Waals surface area contributed by atoms with Gasteiger partial charge >= 0.3 is 0 Å². The minimum atomic E-state index is -0.308. The Bertz CT molecular complexity index is 504. The molecule has 1 fully saturated rings. The molecular formula is C18H27N3O2. The first-order valence-corrected chi connectivity index (χ1v) is 8.54. The maximum Gasteiger partial charge on any atom is 0.242 e. The minimum Gasteiger partial charge on any atom is -0.353 e. The zero-order valence-electron chi connectivity index (χ0n) is 13.9. The molecule has 2 N–H and O–H groups in total. The van der Waals surface area contributed by atoms with Crippen molar-refractivity contribution in [1.29, 1.82) is 0 Å². The second-order valence-electron chi connectivity index (χ2n) is 5.95. The van der Waals surface area contributed by atoms with Crippen LogP contribution in [0.25, 0.3) is 0 Å². The zero-order chi connectivity index (χ0) is 16.5. The van der Waals surface area contributed by atoms with Crippen molar-refractivity contribution < 1.29 is 9.59 Å². The summed E-state index contributed by atoms with van der Waals surface area (Å²) in [4.78, 5) is 26.5. The van der Waals surface area contributed by atoms with Crippen molar-refractivity contribution in [3.05, 3.63) is 35.9 Å². The van der Waals surface area contributed by atoms with Crippen molar-refractivity contribution >= 4 is 11.8 Å². The molecule has 2 amide bonds. The first-order valence-electron chi connectivity index (χ1n) is 8.54. The van der Waals surface area contributed by atoms with Crippen LogP contribution in [0.1, 0.15) is 31.7 Å². The van der Waals surface area contributed by atoms with Crippen molar-refractivity contribution in [2.75, 3.05) is 26.2 Å².